The van der Waals surface area contributed by atoms with E-state index in [1.165, 1.54) is 11.3 Å². The van der Waals surface area contributed by atoms with Crippen molar-refractivity contribution in [2.75, 3.05) is 6.54 Å². The van der Waals surface area contributed by atoms with Gasteiger partial charge in [-0.25, -0.2) is 0 Å². The fourth-order valence-electron chi connectivity index (χ4n) is 0.854. The van der Waals surface area contributed by atoms with Crippen LogP contribution in [0.15, 0.2) is 15.9 Å². The van der Waals surface area contributed by atoms with Crippen molar-refractivity contribution in [3.05, 3.63) is 20.8 Å². The maximum Gasteiger partial charge on any atom is 0.243 e. The van der Waals surface area contributed by atoms with E-state index in [4.69, 9.17) is 11.6 Å². The summed E-state index contributed by atoms with van der Waals surface area (Å²) in [6.45, 7) is 2.47. The van der Waals surface area contributed by atoms with Crippen LogP contribution >= 0.6 is 38.9 Å². The monoisotopic (exact) mass is 281 g/mol. The third-order valence-corrected chi connectivity index (χ3v) is 3.74. The van der Waals surface area contributed by atoms with E-state index in [0.29, 0.717) is 6.54 Å². The summed E-state index contributed by atoms with van der Waals surface area (Å²) in [5.41, 5.74) is 0. The SMILES string of the molecule is CCNC(=O)C(Cl)c1cc(Br)cs1. The Hall–Kier alpha value is -0.0600. The first-order valence-corrected chi connectivity index (χ1v) is 5.91. The van der Waals surface area contributed by atoms with Crippen molar-refractivity contribution in [2.24, 2.45) is 0 Å². The van der Waals surface area contributed by atoms with Gasteiger partial charge in [0.25, 0.3) is 0 Å². The quantitative estimate of drug-likeness (QED) is 0.849. The maximum atomic E-state index is 11.3. The molecule has 13 heavy (non-hydrogen) atoms. The van der Waals surface area contributed by atoms with Crippen LogP contribution in [0.3, 0.4) is 0 Å². The summed E-state index contributed by atoms with van der Waals surface area (Å²) in [5, 5.41) is 4.01. The number of hydrogen-bond acceptors (Lipinski definition) is 2. The molecule has 0 bridgehead atoms. The van der Waals surface area contributed by atoms with Crippen LogP contribution < -0.4 is 5.32 Å². The molecule has 0 aliphatic rings. The smallest absolute Gasteiger partial charge is 0.243 e. The Balaban J connectivity index is 2.67. The molecule has 1 N–H and O–H groups in total. The van der Waals surface area contributed by atoms with Crippen LogP contribution in [-0.4, -0.2) is 12.5 Å². The number of likely N-dealkylation sites (N-methyl/N-ethyl adjacent to an activating group) is 1. The Morgan fingerprint density at radius 1 is 1.85 bits per heavy atom. The number of alkyl halides is 1. The summed E-state index contributed by atoms with van der Waals surface area (Å²) in [6, 6.07) is 1.86. The minimum atomic E-state index is -0.573. The van der Waals surface area contributed by atoms with Gasteiger partial charge in [0.1, 0.15) is 5.38 Å². The van der Waals surface area contributed by atoms with Crippen molar-refractivity contribution in [3.8, 4) is 0 Å². The van der Waals surface area contributed by atoms with Crippen molar-refractivity contribution < 1.29 is 4.79 Å². The highest BCUT2D eigenvalue weighted by Gasteiger charge is 2.18. The van der Waals surface area contributed by atoms with Gasteiger partial charge >= 0.3 is 0 Å². The molecule has 1 atom stereocenters. The second-order valence-corrected chi connectivity index (χ2v) is 4.72. The zero-order valence-electron chi connectivity index (χ0n) is 7.01. The summed E-state index contributed by atoms with van der Waals surface area (Å²) in [4.78, 5) is 12.2. The molecule has 0 saturated heterocycles. The molecular weight excluding hydrogens is 274 g/mol. The van der Waals surface area contributed by atoms with E-state index in [2.05, 4.69) is 21.2 Å². The Morgan fingerprint density at radius 2 is 2.54 bits per heavy atom. The standard InChI is InChI=1S/C8H9BrClNOS/c1-2-11-8(12)7(10)6-3-5(9)4-13-6/h3-4,7H,2H2,1H3,(H,11,12). The lowest BCUT2D eigenvalue weighted by atomic mass is 10.3. The molecule has 0 aliphatic carbocycles. The van der Waals surface area contributed by atoms with Gasteiger partial charge in [0, 0.05) is 21.3 Å². The zero-order chi connectivity index (χ0) is 9.84. The lowest BCUT2D eigenvalue weighted by Gasteiger charge is -2.05. The summed E-state index contributed by atoms with van der Waals surface area (Å²) >= 11 is 10.7. The number of nitrogens with one attached hydrogen (secondary N) is 1. The number of carbonyl (C=O) groups excluding carboxylic acids is 1. The molecule has 0 saturated carbocycles. The molecule has 0 aromatic carbocycles. The van der Waals surface area contributed by atoms with Crippen LogP contribution in [0.25, 0.3) is 0 Å². The van der Waals surface area contributed by atoms with Gasteiger partial charge < -0.3 is 5.32 Å². The Morgan fingerprint density at radius 3 is 3.00 bits per heavy atom. The number of halogens is 2. The first-order chi connectivity index (χ1) is 6.15. The molecule has 1 amide bonds. The van der Waals surface area contributed by atoms with Gasteiger partial charge in [0.2, 0.25) is 5.91 Å². The van der Waals surface area contributed by atoms with Crippen LogP contribution in [0, 0.1) is 0 Å². The fourth-order valence-corrected chi connectivity index (χ4v) is 2.57. The highest BCUT2D eigenvalue weighted by atomic mass is 79.9. The molecular formula is C8H9BrClNOS. The Kier molecular flexibility index (Phi) is 4.22. The molecule has 1 rings (SSSR count). The second-order valence-electron chi connectivity index (χ2n) is 2.42. The largest absolute Gasteiger partial charge is 0.355 e. The van der Waals surface area contributed by atoms with E-state index in [9.17, 15) is 4.79 Å². The lowest BCUT2D eigenvalue weighted by Crippen LogP contribution is -2.25. The van der Waals surface area contributed by atoms with Gasteiger partial charge in [0.15, 0.2) is 0 Å². The van der Waals surface area contributed by atoms with Crippen LogP contribution in [0.1, 0.15) is 17.2 Å². The summed E-state index contributed by atoms with van der Waals surface area (Å²) in [7, 11) is 0. The number of rotatable bonds is 3. The third kappa shape index (κ3) is 2.97. The van der Waals surface area contributed by atoms with Crippen molar-refractivity contribution >= 4 is 44.8 Å². The fraction of sp³-hybridized carbons (Fsp3) is 0.375. The van der Waals surface area contributed by atoms with Crippen molar-refractivity contribution in [3.63, 3.8) is 0 Å². The number of thiophene rings is 1. The predicted molar refractivity (Wildman–Crippen MR) is 59.3 cm³/mol. The highest BCUT2D eigenvalue weighted by molar-refractivity contribution is 9.10. The summed E-state index contributed by atoms with van der Waals surface area (Å²) in [5.74, 6) is -0.140. The third-order valence-electron chi connectivity index (χ3n) is 1.42. The second kappa shape index (κ2) is 4.98. The van der Waals surface area contributed by atoms with Gasteiger partial charge in [-0.3, -0.25) is 4.79 Å². The molecule has 1 aromatic rings. The average Bonchev–Trinajstić information content (AvgIpc) is 2.51. The maximum absolute atomic E-state index is 11.3. The molecule has 1 unspecified atom stereocenters. The molecule has 5 heteroatoms. The normalized spacial score (nSPS) is 12.5. The van der Waals surface area contributed by atoms with Gasteiger partial charge in [-0.1, -0.05) is 0 Å². The zero-order valence-corrected chi connectivity index (χ0v) is 10.2. The number of carbonyl (C=O) groups is 1. The molecule has 0 aliphatic heterocycles. The topological polar surface area (TPSA) is 29.1 Å². The van der Waals surface area contributed by atoms with Crippen molar-refractivity contribution in [2.45, 2.75) is 12.3 Å². The van der Waals surface area contributed by atoms with E-state index in [1.807, 2.05) is 18.4 Å². The van der Waals surface area contributed by atoms with E-state index in [1.54, 1.807) is 0 Å². The molecule has 72 valence electrons. The summed E-state index contributed by atoms with van der Waals surface area (Å²) < 4.78 is 0.961. The van der Waals surface area contributed by atoms with E-state index < -0.39 is 5.38 Å². The minimum absolute atomic E-state index is 0.140. The van der Waals surface area contributed by atoms with Crippen molar-refractivity contribution in [1.29, 1.82) is 0 Å². The van der Waals surface area contributed by atoms with Crippen LogP contribution in [0.2, 0.25) is 0 Å². The van der Waals surface area contributed by atoms with E-state index >= 15 is 0 Å². The van der Waals surface area contributed by atoms with E-state index in [-0.39, 0.29) is 5.91 Å². The molecule has 1 heterocycles. The molecule has 0 spiro atoms. The number of hydrogen-bond donors (Lipinski definition) is 1. The van der Waals surface area contributed by atoms with Crippen LogP contribution in [0.4, 0.5) is 0 Å². The highest BCUT2D eigenvalue weighted by Crippen LogP contribution is 2.29. The van der Waals surface area contributed by atoms with Gasteiger partial charge in [-0.15, -0.1) is 22.9 Å². The number of amides is 1. The van der Waals surface area contributed by atoms with Gasteiger partial charge in [-0.2, -0.15) is 0 Å². The molecule has 0 fully saturated rings. The first-order valence-electron chi connectivity index (χ1n) is 3.81. The summed E-state index contributed by atoms with van der Waals surface area (Å²) in [6.07, 6.45) is 0. The molecule has 2 nitrogen and oxygen atoms in total. The Bertz CT molecular complexity index is 302. The van der Waals surface area contributed by atoms with Gasteiger partial charge in [-0.05, 0) is 28.9 Å². The molecule has 0 radical (unpaired) electrons. The molecule has 1 aromatic heterocycles. The first kappa shape index (κ1) is 11.0. The Labute approximate surface area is 94.4 Å². The van der Waals surface area contributed by atoms with E-state index in [0.717, 1.165) is 9.35 Å². The average molecular weight is 283 g/mol. The minimum Gasteiger partial charge on any atom is -0.355 e. The van der Waals surface area contributed by atoms with Crippen LogP contribution in [-0.2, 0) is 4.79 Å². The van der Waals surface area contributed by atoms with Gasteiger partial charge in [0.05, 0.1) is 0 Å². The van der Waals surface area contributed by atoms with Crippen molar-refractivity contribution in [1.82, 2.24) is 5.32 Å². The predicted octanol–water partition coefficient (Wildman–Crippen LogP) is 2.93. The lowest BCUT2D eigenvalue weighted by molar-refractivity contribution is -0.120. The van der Waals surface area contributed by atoms with Crippen LogP contribution in [0.5, 0.6) is 0 Å².